The Morgan fingerprint density at radius 3 is 3.07 bits per heavy atom. The van der Waals surface area contributed by atoms with Gasteiger partial charge in [-0.1, -0.05) is 6.92 Å². The molecule has 1 aromatic carbocycles. The molecule has 2 nitrogen and oxygen atoms in total. The highest BCUT2D eigenvalue weighted by molar-refractivity contribution is 5.41. The topological polar surface area (TPSA) is 35.2 Å². The van der Waals surface area contributed by atoms with E-state index in [1.807, 2.05) is 13.0 Å². The van der Waals surface area contributed by atoms with Crippen molar-refractivity contribution in [2.45, 2.75) is 19.3 Å². The summed E-state index contributed by atoms with van der Waals surface area (Å²) in [6.07, 6.45) is 0.875. The summed E-state index contributed by atoms with van der Waals surface area (Å²) in [4.78, 5) is 0. The van der Waals surface area contributed by atoms with E-state index >= 15 is 0 Å². The number of rotatable bonds is 2. The first-order valence-corrected chi connectivity index (χ1v) is 4.87. The van der Waals surface area contributed by atoms with Crippen molar-refractivity contribution in [3.8, 4) is 5.75 Å². The molecular formula is C11H14FNO. The molecule has 0 aliphatic carbocycles. The number of nitrogens with two attached hydrogens (primary N) is 1. The average molecular weight is 195 g/mol. The Hall–Kier alpha value is -1.09. The number of benzene rings is 1. The van der Waals surface area contributed by atoms with E-state index in [0.717, 1.165) is 12.0 Å². The molecule has 1 aliphatic heterocycles. The summed E-state index contributed by atoms with van der Waals surface area (Å²) in [6.45, 7) is 3.06. The molecule has 1 aromatic rings. The maximum absolute atomic E-state index is 13.5. The smallest absolute Gasteiger partial charge is 0.130 e. The van der Waals surface area contributed by atoms with Crippen molar-refractivity contribution in [1.82, 2.24) is 0 Å². The maximum atomic E-state index is 13.5. The molecule has 2 rings (SSSR count). The minimum Gasteiger partial charge on any atom is -0.493 e. The van der Waals surface area contributed by atoms with Gasteiger partial charge in [-0.25, -0.2) is 4.39 Å². The van der Waals surface area contributed by atoms with Crippen LogP contribution in [0.5, 0.6) is 5.75 Å². The van der Waals surface area contributed by atoms with Crippen molar-refractivity contribution in [1.29, 1.82) is 0 Å². The lowest BCUT2D eigenvalue weighted by Crippen LogP contribution is -2.10. The minimum atomic E-state index is -0.205. The summed E-state index contributed by atoms with van der Waals surface area (Å²) in [5.74, 6) is 0.556. The van der Waals surface area contributed by atoms with Crippen LogP contribution in [0.15, 0.2) is 12.1 Å². The van der Waals surface area contributed by atoms with Gasteiger partial charge in [0, 0.05) is 12.5 Å². The van der Waals surface area contributed by atoms with E-state index in [1.165, 1.54) is 6.07 Å². The summed E-state index contributed by atoms with van der Waals surface area (Å²) >= 11 is 0. The van der Waals surface area contributed by atoms with Gasteiger partial charge in [0.15, 0.2) is 0 Å². The Kier molecular flexibility index (Phi) is 2.42. The molecular weight excluding hydrogens is 181 g/mol. The van der Waals surface area contributed by atoms with E-state index in [2.05, 4.69) is 0 Å². The van der Waals surface area contributed by atoms with Crippen molar-refractivity contribution >= 4 is 0 Å². The fourth-order valence-corrected chi connectivity index (χ4v) is 1.72. The summed E-state index contributed by atoms with van der Waals surface area (Å²) in [7, 11) is 0. The highest BCUT2D eigenvalue weighted by Gasteiger charge is 2.18. The van der Waals surface area contributed by atoms with E-state index < -0.39 is 0 Å². The Balaban J connectivity index is 2.42. The molecule has 14 heavy (non-hydrogen) atoms. The number of hydrogen-bond acceptors (Lipinski definition) is 2. The van der Waals surface area contributed by atoms with E-state index in [4.69, 9.17) is 10.5 Å². The van der Waals surface area contributed by atoms with E-state index in [1.54, 1.807) is 0 Å². The second-order valence-electron chi connectivity index (χ2n) is 3.72. The van der Waals surface area contributed by atoms with Crippen molar-refractivity contribution in [3.05, 3.63) is 29.1 Å². The molecule has 0 amide bonds. The van der Waals surface area contributed by atoms with E-state index in [9.17, 15) is 4.39 Å². The fourth-order valence-electron chi connectivity index (χ4n) is 1.72. The summed E-state index contributed by atoms with van der Waals surface area (Å²) < 4.78 is 18.8. The second-order valence-corrected chi connectivity index (χ2v) is 3.72. The average Bonchev–Trinajstić information content (AvgIpc) is 2.62. The van der Waals surface area contributed by atoms with E-state index in [0.29, 0.717) is 24.5 Å². The van der Waals surface area contributed by atoms with Crippen LogP contribution in [0.25, 0.3) is 0 Å². The third-order valence-electron chi connectivity index (χ3n) is 2.69. The monoisotopic (exact) mass is 195 g/mol. The molecule has 0 saturated carbocycles. The lowest BCUT2D eigenvalue weighted by atomic mass is 9.97. The first-order valence-electron chi connectivity index (χ1n) is 4.87. The molecule has 1 atom stereocenters. The van der Waals surface area contributed by atoms with Gasteiger partial charge in [0.25, 0.3) is 0 Å². The number of hydrogen-bond donors (Lipinski definition) is 1. The number of halogens is 1. The first-order chi connectivity index (χ1) is 6.72. The Bertz CT molecular complexity index is 351. The van der Waals surface area contributed by atoms with E-state index in [-0.39, 0.29) is 11.7 Å². The van der Waals surface area contributed by atoms with Crippen LogP contribution in [0.1, 0.15) is 24.0 Å². The van der Waals surface area contributed by atoms with Gasteiger partial charge in [0.2, 0.25) is 0 Å². The van der Waals surface area contributed by atoms with Crippen LogP contribution in [-0.4, -0.2) is 13.2 Å². The van der Waals surface area contributed by atoms with Gasteiger partial charge < -0.3 is 10.5 Å². The second kappa shape index (κ2) is 3.58. The van der Waals surface area contributed by atoms with Crippen LogP contribution in [0, 0.1) is 5.82 Å². The Morgan fingerprint density at radius 2 is 2.36 bits per heavy atom. The highest BCUT2D eigenvalue weighted by Crippen LogP contribution is 2.30. The lowest BCUT2D eigenvalue weighted by Gasteiger charge is -2.11. The fraction of sp³-hybridized carbons (Fsp3) is 0.455. The summed E-state index contributed by atoms with van der Waals surface area (Å²) in [5.41, 5.74) is 7.32. The zero-order chi connectivity index (χ0) is 10.1. The van der Waals surface area contributed by atoms with Gasteiger partial charge in [-0.3, -0.25) is 0 Å². The van der Waals surface area contributed by atoms with Gasteiger partial charge in [0.05, 0.1) is 6.61 Å². The highest BCUT2D eigenvalue weighted by atomic mass is 19.1. The standard InChI is InChI=1S/C11H14FNO/c1-7(6-13)9-4-8-2-3-14-11(8)5-10(9)12/h4-5,7H,2-3,6,13H2,1H3. The Labute approximate surface area is 82.9 Å². The SMILES string of the molecule is CC(CN)c1cc2c(cc1F)OCC2. The largest absolute Gasteiger partial charge is 0.493 e. The molecule has 1 unspecified atom stereocenters. The molecule has 0 bridgehead atoms. The zero-order valence-corrected chi connectivity index (χ0v) is 8.22. The lowest BCUT2D eigenvalue weighted by molar-refractivity contribution is 0.355. The quantitative estimate of drug-likeness (QED) is 0.781. The number of ether oxygens (including phenoxy) is 1. The van der Waals surface area contributed by atoms with Gasteiger partial charge in [-0.15, -0.1) is 0 Å². The van der Waals surface area contributed by atoms with Crippen molar-refractivity contribution in [2.24, 2.45) is 5.73 Å². The molecule has 0 radical (unpaired) electrons. The molecule has 0 aromatic heterocycles. The molecule has 0 saturated heterocycles. The van der Waals surface area contributed by atoms with Gasteiger partial charge in [0.1, 0.15) is 11.6 Å². The maximum Gasteiger partial charge on any atom is 0.130 e. The molecule has 3 heteroatoms. The van der Waals surface area contributed by atoms with Crippen LogP contribution in [-0.2, 0) is 6.42 Å². The van der Waals surface area contributed by atoms with Crippen LogP contribution >= 0.6 is 0 Å². The zero-order valence-electron chi connectivity index (χ0n) is 8.22. The van der Waals surface area contributed by atoms with Gasteiger partial charge in [-0.05, 0) is 29.7 Å². The van der Waals surface area contributed by atoms with Crippen molar-refractivity contribution in [2.75, 3.05) is 13.2 Å². The predicted octanol–water partition coefficient (Wildman–Crippen LogP) is 1.82. The predicted molar refractivity (Wildman–Crippen MR) is 53.1 cm³/mol. The molecule has 2 N–H and O–H groups in total. The molecule has 0 spiro atoms. The van der Waals surface area contributed by atoms with Crippen LogP contribution < -0.4 is 10.5 Å². The first kappa shape index (κ1) is 9.46. The molecule has 76 valence electrons. The molecule has 1 aliphatic rings. The Morgan fingerprint density at radius 1 is 1.57 bits per heavy atom. The van der Waals surface area contributed by atoms with Crippen LogP contribution in [0.4, 0.5) is 4.39 Å². The third-order valence-corrected chi connectivity index (χ3v) is 2.69. The molecule has 0 fully saturated rings. The van der Waals surface area contributed by atoms with Gasteiger partial charge >= 0.3 is 0 Å². The summed E-state index contributed by atoms with van der Waals surface area (Å²) in [5, 5.41) is 0. The van der Waals surface area contributed by atoms with Gasteiger partial charge in [-0.2, -0.15) is 0 Å². The van der Waals surface area contributed by atoms with Crippen molar-refractivity contribution in [3.63, 3.8) is 0 Å². The normalized spacial score (nSPS) is 16.2. The number of fused-ring (bicyclic) bond motifs is 1. The molecule has 1 heterocycles. The third kappa shape index (κ3) is 1.48. The van der Waals surface area contributed by atoms with Crippen LogP contribution in [0.3, 0.4) is 0 Å². The van der Waals surface area contributed by atoms with Crippen molar-refractivity contribution < 1.29 is 9.13 Å². The minimum absolute atomic E-state index is 0.0703. The summed E-state index contributed by atoms with van der Waals surface area (Å²) in [6, 6.07) is 3.36. The van der Waals surface area contributed by atoms with Crippen LogP contribution in [0.2, 0.25) is 0 Å².